The van der Waals surface area contributed by atoms with E-state index in [9.17, 15) is 24.0 Å². The standard InChI is InChI=1S/C11H20OS.C8H14OS.C6H10O2S.2C5H8OS/c1-10(2,3)8(12)7-9(13)11(4,5)6;1-6(9)5-7(10)8(2,3)4;1-3-8-6(7)4-5(2)9;2*1-4(6)3-5(2)7/h7H2,1-6H3;5H2,1-4H3;3-4H2,1-2H3;2*3H2,1-2H3. The second-order valence-corrected chi connectivity index (χ2v) is 17.0. The molecule has 6 nitrogen and oxygen atoms in total. The van der Waals surface area contributed by atoms with Crippen LogP contribution in [0.5, 0.6) is 0 Å². The molecule has 0 aliphatic carbocycles. The number of carbonyl (C=O) groups is 5. The van der Waals surface area contributed by atoms with Crippen LogP contribution in [0.25, 0.3) is 0 Å². The summed E-state index contributed by atoms with van der Waals surface area (Å²) in [7, 11) is 0. The van der Waals surface area contributed by atoms with Gasteiger partial charge in [-0.3, -0.25) is 24.0 Å². The molecular weight excluding hydrogens is 677 g/mol. The molecule has 0 heterocycles. The van der Waals surface area contributed by atoms with E-state index >= 15 is 0 Å². The highest BCUT2D eigenvalue weighted by Gasteiger charge is 2.26. The van der Waals surface area contributed by atoms with Gasteiger partial charge in [-0.25, -0.2) is 0 Å². The van der Waals surface area contributed by atoms with Crippen molar-refractivity contribution >= 4 is 115 Å². The summed E-state index contributed by atoms with van der Waals surface area (Å²) >= 11 is 24.2. The molecule has 0 bridgehead atoms. The summed E-state index contributed by atoms with van der Waals surface area (Å²) in [5.74, 6) is 0.442. The first-order valence-corrected chi connectivity index (χ1v) is 17.1. The lowest BCUT2D eigenvalue weighted by Crippen LogP contribution is -2.27. The molecule has 0 N–H and O–H groups in total. The summed E-state index contributed by atoms with van der Waals surface area (Å²) in [5, 5.41) is 0. The summed E-state index contributed by atoms with van der Waals surface area (Å²) in [5.41, 5.74) is -0.299. The van der Waals surface area contributed by atoms with Crippen LogP contribution in [0.15, 0.2) is 0 Å². The Bertz CT molecular complexity index is 995. The maximum Gasteiger partial charge on any atom is 0.310 e. The Kier molecular flexibility index (Phi) is 32.4. The normalized spacial score (nSPS) is 10.3. The van der Waals surface area contributed by atoms with Gasteiger partial charge in [0, 0.05) is 45.7 Å². The van der Waals surface area contributed by atoms with Crippen LogP contribution in [0, 0.1) is 16.2 Å². The SMILES string of the molecule is CC(=O)CC(=S)C(C)(C)C.CC(=O)CC(C)=S.CC(=O)CC(C)=S.CC(C)(C)C(=O)CC(=S)C(C)(C)C.CCOC(=O)CC(C)=S. The largest absolute Gasteiger partial charge is 0.466 e. The second-order valence-electron chi connectivity index (χ2n) is 13.9. The number of Topliss-reactive ketones (excluding diaryl/α,β-unsaturated/α-hetero) is 4. The fourth-order valence-electron chi connectivity index (χ4n) is 2.28. The highest BCUT2D eigenvalue weighted by Crippen LogP contribution is 2.24. The Morgan fingerprint density at radius 3 is 0.891 bits per heavy atom. The van der Waals surface area contributed by atoms with Gasteiger partial charge in [0.2, 0.25) is 0 Å². The lowest BCUT2D eigenvalue weighted by molar-refractivity contribution is -0.141. The average molecular weight is 737 g/mol. The van der Waals surface area contributed by atoms with E-state index in [2.05, 4.69) is 41.4 Å². The van der Waals surface area contributed by atoms with Crippen molar-refractivity contribution in [2.45, 2.75) is 143 Å². The van der Waals surface area contributed by atoms with Crippen molar-refractivity contribution in [3.05, 3.63) is 0 Å². The Labute approximate surface area is 307 Å². The van der Waals surface area contributed by atoms with Crippen LogP contribution >= 0.6 is 61.1 Å². The Balaban J connectivity index is -0.000000155. The summed E-state index contributed by atoms with van der Waals surface area (Å²) in [6, 6.07) is 0. The summed E-state index contributed by atoms with van der Waals surface area (Å²) in [6.07, 6.45) is 2.05. The van der Waals surface area contributed by atoms with Gasteiger partial charge in [-0.15, -0.1) is 0 Å². The molecule has 0 saturated heterocycles. The fourth-order valence-corrected chi connectivity index (χ4v) is 3.14. The van der Waals surface area contributed by atoms with Crippen LogP contribution in [-0.2, 0) is 28.7 Å². The second kappa shape index (κ2) is 27.5. The molecule has 0 atom stereocenters. The van der Waals surface area contributed by atoms with Gasteiger partial charge in [0.05, 0.1) is 13.0 Å². The molecule has 0 aromatic heterocycles. The molecule has 0 unspecified atom stereocenters. The molecule has 0 radical (unpaired) electrons. The lowest BCUT2D eigenvalue weighted by atomic mass is 9.82. The van der Waals surface area contributed by atoms with Crippen LogP contribution in [0.1, 0.15) is 143 Å². The summed E-state index contributed by atoms with van der Waals surface area (Å²) < 4.78 is 4.63. The van der Waals surface area contributed by atoms with E-state index in [1.54, 1.807) is 34.6 Å². The predicted molar refractivity (Wildman–Crippen MR) is 215 cm³/mol. The minimum absolute atomic E-state index is 0.000995. The topological polar surface area (TPSA) is 94.6 Å². The first kappa shape index (κ1) is 54.1. The Hall–Kier alpha value is -1.40. The number of hydrogen-bond acceptors (Lipinski definition) is 11. The third kappa shape index (κ3) is 47.0. The Morgan fingerprint density at radius 2 is 0.739 bits per heavy atom. The van der Waals surface area contributed by atoms with Gasteiger partial charge in [0.1, 0.15) is 23.1 Å². The zero-order chi connectivity index (χ0) is 38.2. The third-order valence-electron chi connectivity index (χ3n) is 4.93. The van der Waals surface area contributed by atoms with Crippen molar-refractivity contribution in [2.24, 2.45) is 16.2 Å². The lowest BCUT2D eigenvalue weighted by Gasteiger charge is -2.23. The smallest absolute Gasteiger partial charge is 0.310 e. The zero-order valence-electron chi connectivity index (χ0n) is 31.2. The number of rotatable bonds is 11. The quantitative estimate of drug-likeness (QED) is 0.150. The molecular formula is C35H60O6S5. The molecule has 0 aromatic carbocycles. The van der Waals surface area contributed by atoms with Crippen molar-refractivity contribution in [1.29, 1.82) is 0 Å². The van der Waals surface area contributed by atoms with Gasteiger partial charge < -0.3 is 4.74 Å². The Morgan fingerprint density at radius 1 is 0.457 bits per heavy atom. The average Bonchev–Trinajstić information content (AvgIpc) is 2.76. The maximum absolute atomic E-state index is 11.6. The zero-order valence-corrected chi connectivity index (χ0v) is 35.3. The van der Waals surface area contributed by atoms with Gasteiger partial charge in [0.15, 0.2) is 0 Å². The highest BCUT2D eigenvalue weighted by atomic mass is 32.1. The van der Waals surface area contributed by atoms with E-state index in [4.69, 9.17) is 24.4 Å². The molecule has 0 saturated carbocycles. The van der Waals surface area contributed by atoms with Crippen LogP contribution in [0.4, 0.5) is 0 Å². The molecule has 0 fully saturated rings. The van der Waals surface area contributed by atoms with Gasteiger partial charge in [0.25, 0.3) is 0 Å². The van der Waals surface area contributed by atoms with E-state index in [0.29, 0.717) is 37.2 Å². The number of hydrogen-bond donors (Lipinski definition) is 0. The van der Waals surface area contributed by atoms with Gasteiger partial charge in [-0.1, -0.05) is 123 Å². The first-order chi connectivity index (χ1) is 20.3. The fraction of sp³-hybridized carbons (Fsp3) is 0.714. The minimum Gasteiger partial charge on any atom is -0.466 e. The molecule has 0 amide bonds. The van der Waals surface area contributed by atoms with E-state index < -0.39 is 0 Å². The molecule has 0 aromatic rings. The van der Waals surface area contributed by atoms with E-state index in [-0.39, 0.29) is 51.8 Å². The molecule has 46 heavy (non-hydrogen) atoms. The first-order valence-electron chi connectivity index (χ1n) is 15.0. The molecule has 11 heteroatoms. The number of carbonyl (C=O) groups excluding carboxylic acids is 5. The number of ketones is 4. The van der Waals surface area contributed by atoms with Crippen LogP contribution < -0.4 is 0 Å². The van der Waals surface area contributed by atoms with Gasteiger partial charge >= 0.3 is 5.97 Å². The van der Waals surface area contributed by atoms with Crippen LogP contribution in [0.2, 0.25) is 0 Å². The summed E-state index contributed by atoms with van der Waals surface area (Å²) in [6.45, 7) is 30.1. The molecule has 0 rings (SSSR count). The van der Waals surface area contributed by atoms with Gasteiger partial charge in [-0.05, 0) is 69.0 Å². The highest BCUT2D eigenvalue weighted by molar-refractivity contribution is 7.81. The number of esters is 1. The van der Waals surface area contributed by atoms with Gasteiger partial charge in [-0.2, -0.15) is 0 Å². The van der Waals surface area contributed by atoms with E-state index in [1.807, 2.05) is 62.3 Å². The van der Waals surface area contributed by atoms with Crippen LogP contribution in [0.3, 0.4) is 0 Å². The minimum atomic E-state index is -0.269. The summed E-state index contributed by atoms with van der Waals surface area (Å²) in [4.78, 5) is 57.0. The van der Waals surface area contributed by atoms with Crippen molar-refractivity contribution in [2.75, 3.05) is 6.61 Å². The van der Waals surface area contributed by atoms with Crippen LogP contribution in [-0.4, -0.2) is 60.0 Å². The number of ether oxygens (including phenoxy) is 1. The van der Waals surface area contributed by atoms with Crippen molar-refractivity contribution < 1.29 is 28.7 Å². The van der Waals surface area contributed by atoms with Crippen molar-refractivity contribution in [3.63, 3.8) is 0 Å². The van der Waals surface area contributed by atoms with E-state index in [0.717, 1.165) is 19.5 Å². The molecule has 0 aliphatic rings. The molecule has 0 aliphatic heterocycles. The van der Waals surface area contributed by atoms with Crippen molar-refractivity contribution in [1.82, 2.24) is 0 Å². The monoisotopic (exact) mass is 736 g/mol. The number of thiocarbonyl (C=S) groups is 5. The third-order valence-corrected chi connectivity index (χ3v) is 6.88. The molecule has 266 valence electrons. The van der Waals surface area contributed by atoms with Crippen molar-refractivity contribution in [3.8, 4) is 0 Å². The van der Waals surface area contributed by atoms with E-state index in [1.165, 1.54) is 13.8 Å². The predicted octanol–water partition coefficient (Wildman–Crippen LogP) is 9.83. The maximum atomic E-state index is 11.6. The molecule has 0 spiro atoms.